The molecule has 1 heterocycles. The summed E-state index contributed by atoms with van der Waals surface area (Å²) in [6, 6.07) is 0. The number of likely N-dealkylation sites (tertiary alicyclic amines) is 1. The molecule has 0 aromatic rings. The summed E-state index contributed by atoms with van der Waals surface area (Å²) >= 11 is 0. The van der Waals surface area contributed by atoms with Gasteiger partial charge in [-0.1, -0.05) is 0 Å². The molecular formula is C5H8FN3O2. The number of alkyl halides is 1. The number of carboxylic acid groups (broad SMARTS) is 1. The van der Waals surface area contributed by atoms with E-state index in [1.165, 1.54) is 0 Å². The van der Waals surface area contributed by atoms with Gasteiger partial charge < -0.3 is 15.7 Å². The third-order valence-electron chi connectivity index (χ3n) is 1.61. The van der Waals surface area contributed by atoms with Crippen LogP contribution in [0.2, 0.25) is 0 Å². The van der Waals surface area contributed by atoms with Crippen molar-refractivity contribution in [3.8, 4) is 0 Å². The molecule has 0 aromatic carbocycles. The van der Waals surface area contributed by atoms with E-state index in [-0.39, 0.29) is 19.0 Å². The summed E-state index contributed by atoms with van der Waals surface area (Å²) in [6.07, 6.45) is 0. The number of aliphatic carboxylic acids is 1. The summed E-state index contributed by atoms with van der Waals surface area (Å²) in [6.45, 7) is -0.644. The fourth-order valence-corrected chi connectivity index (χ4v) is 0.864. The molecule has 1 saturated heterocycles. The van der Waals surface area contributed by atoms with Gasteiger partial charge in [0.25, 0.3) is 0 Å². The Bertz CT molecular complexity index is 212. The Labute approximate surface area is 62.1 Å². The average molecular weight is 161 g/mol. The number of rotatable bonds is 1. The van der Waals surface area contributed by atoms with Crippen LogP contribution in [0.3, 0.4) is 0 Å². The first-order valence-electron chi connectivity index (χ1n) is 2.97. The lowest BCUT2D eigenvalue weighted by atomic mass is 9.97. The molecule has 1 rings (SSSR count). The quantitative estimate of drug-likeness (QED) is 0.339. The zero-order valence-electron chi connectivity index (χ0n) is 5.67. The molecule has 0 aromatic heterocycles. The van der Waals surface area contributed by atoms with E-state index < -0.39 is 11.6 Å². The number of guanidine groups is 1. The standard InChI is InChI=1S/C5H8FN3O2/c6-5(3(10)11)1-9(2-5)4(7)8/h1-2H2,(H3,7,8)(H,10,11). The van der Waals surface area contributed by atoms with Crippen LogP contribution >= 0.6 is 0 Å². The highest BCUT2D eigenvalue weighted by Crippen LogP contribution is 2.24. The van der Waals surface area contributed by atoms with Crippen LogP contribution in [0.5, 0.6) is 0 Å². The Morgan fingerprint density at radius 3 is 2.45 bits per heavy atom. The van der Waals surface area contributed by atoms with E-state index >= 15 is 0 Å². The lowest BCUT2D eigenvalue weighted by Crippen LogP contribution is -2.66. The second kappa shape index (κ2) is 2.08. The van der Waals surface area contributed by atoms with Crippen molar-refractivity contribution in [1.29, 1.82) is 5.41 Å². The van der Waals surface area contributed by atoms with Crippen LogP contribution in [0, 0.1) is 5.41 Å². The number of nitrogens with one attached hydrogen (secondary N) is 1. The molecule has 62 valence electrons. The Hall–Kier alpha value is -1.33. The third kappa shape index (κ3) is 1.11. The normalized spacial score (nSPS) is 20.6. The Kier molecular flexibility index (Phi) is 1.47. The molecule has 6 heteroatoms. The van der Waals surface area contributed by atoms with Gasteiger partial charge in [0, 0.05) is 0 Å². The van der Waals surface area contributed by atoms with Gasteiger partial charge in [-0.25, -0.2) is 9.18 Å². The van der Waals surface area contributed by atoms with Crippen LogP contribution in [0.15, 0.2) is 0 Å². The van der Waals surface area contributed by atoms with Gasteiger partial charge >= 0.3 is 5.97 Å². The molecule has 4 N–H and O–H groups in total. The molecule has 0 aliphatic carbocycles. The maximum atomic E-state index is 12.8. The Morgan fingerprint density at radius 1 is 1.73 bits per heavy atom. The van der Waals surface area contributed by atoms with Crippen LogP contribution in [0.25, 0.3) is 0 Å². The zero-order chi connectivity index (χ0) is 8.65. The fraction of sp³-hybridized carbons (Fsp3) is 0.600. The van der Waals surface area contributed by atoms with Gasteiger partial charge in [-0.3, -0.25) is 5.41 Å². The number of hydrogen-bond acceptors (Lipinski definition) is 2. The predicted molar refractivity (Wildman–Crippen MR) is 35.0 cm³/mol. The fourth-order valence-electron chi connectivity index (χ4n) is 0.864. The van der Waals surface area contributed by atoms with Gasteiger partial charge in [0.05, 0.1) is 13.1 Å². The summed E-state index contributed by atoms with van der Waals surface area (Å²) < 4.78 is 12.8. The van der Waals surface area contributed by atoms with Gasteiger partial charge in [0.15, 0.2) is 5.96 Å². The Balaban J connectivity index is 2.50. The van der Waals surface area contributed by atoms with Gasteiger partial charge in [-0.05, 0) is 0 Å². The van der Waals surface area contributed by atoms with Gasteiger partial charge in [-0.2, -0.15) is 0 Å². The number of nitrogens with zero attached hydrogens (tertiary/aromatic N) is 1. The predicted octanol–water partition coefficient (Wildman–Crippen LogP) is -1.01. The molecular weight excluding hydrogens is 153 g/mol. The molecule has 1 fully saturated rings. The highest BCUT2D eigenvalue weighted by molar-refractivity contribution is 5.84. The molecule has 0 atom stereocenters. The molecule has 11 heavy (non-hydrogen) atoms. The second-order valence-electron chi connectivity index (χ2n) is 2.51. The average Bonchev–Trinajstić information content (AvgIpc) is 1.79. The minimum absolute atomic E-state index is 0.292. The molecule has 0 amide bonds. The van der Waals surface area contributed by atoms with Gasteiger partial charge in [0.2, 0.25) is 5.67 Å². The summed E-state index contributed by atoms with van der Waals surface area (Å²) in [5.41, 5.74) is 2.77. The highest BCUT2D eigenvalue weighted by atomic mass is 19.1. The van der Waals surface area contributed by atoms with Gasteiger partial charge in [-0.15, -0.1) is 0 Å². The summed E-state index contributed by atoms with van der Waals surface area (Å²) in [7, 11) is 0. The van der Waals surface area contributed by atoms with Gasteiger partial charge in [0.1, 0.15) is 0 Å². The van der Waals surface area contributed by atoms with E-state index in [9.17, 15) is 9.18 Å². The minimum Gasteiger partial charge on any atom is -0.479 e. The SMILES string of the molecule is N=C(N)N1CC(F)(C(=O)O)C1. The van der Waals surface area contributed by atoms with E-state index in [0.717, 1.165) is 4.90 Å². The van der Waals surface area contributed by atoms with E-state index in [0.29, 0.717) is 0 Å². The molecule has 0 spiro atoms. The van der Waals surface area contributed by atoms with Crippen molar-refractivity contribution in [1.82, 2.24) is 4.90 Å². The van der Waals surface area contributed by atoms with E-state index in [4.69, 9.17) is 16.2 Å². The maximum absolute atomic E-state index is 12.8. The van der Waals surface area contributed by atoms with Crippen molar-refractivity contribution in [2.24, 2.45) is 5.73 Å². The van der Waals surface area contributed by atoms with Crippen LogP contribution in [-0.4, -0.2) is 40.7 Å². The van der Waals surface area contributed by atoms with Crippen LogP contribution < -0.4 is 5.73 Å². The van der Waals surface area contributed by atoms with Crippen molar-refractivity contribution >= 4 is 11.9 Å². The highest BCUT2D eigenvalue weighted by Gasteiger charge is 2.51. The largest absolute Gasteiger partial charge is 0.479 e. The van der Waals surface area contributed by atoms with Crippen molar-refractivity contribution in [2.45, 2.75) is 5.67 Å². The van der Waals surface area contributed by atoms with Crippen molar-refractivity contribution in [3.63, 3.8) is 0 Å². The first-order chi connectivity index (χ1) is 4.96. The molecule has 0 bridgehead atoms. The number of hydrogen-bond donors (Lipinski definition) is 3. The topological polar surface area (TPSA) is 90.4 Å². The summed E-state index contributed by atoms with van der Waals surface area (Å²) in [4.78, 5) is 11.3. The lowest BCUT2D eigenvalue weighted by molar-refractivity contribution is -0.159. The van der Waals surface area contributed by atoms with E-state index in [1.54, 1.807) is 0 Å². The van der Waals surface area contributed by atoms with Crippen LogP contribution in [0.4, 0.5) is 4.39 Å². The molecule has 1 aliphatic rings. The van der Waals surface area contributed by atoms with Crippen LogP contribution in [0.1, 0.15) is 0 Å². The second-order valence-corrected chi connectivity index (χ2v) is 2.51. The number of nitrogens with two attached hydrogens (primary N) is 1. The number of carboxylic acids is 1. The molecule has 0 saturated carbocycles. The van der Waals surface area contributed by atoms with Crippen molar-refractivity contribution in [2.75, 3.05) is 13.1 Å². The smallest absolute Gasteiger partial charge is 0.345 e. The van der Waals surface area contributed by atoms with Crippen molar-refractivity contribution < 1.29 is 14.3 Å². The monoisotopic (exact) mass is 161 g/mol. The maximum Gasteiger partial charge on any atom is 0.345 e. The van der Waals surface area contributed by atoms with Crippen molar-refractivity contribution in [3.05, 3.63) is 0 Å². The zero-order valence-corrected chi connectivity index (χ0v) is 5.67. The van der Waals surface area contributed by atoms with E-state index in [2.05, 4.69) is 0 Å². The first kappa shape index (κ1) is 7.77. The summed E-state index contributed by atoms with van der Waals surface area (Å²) in [5, 5.41) is 15.1. The number of halogens is 1. The summed E-state index contributed by atoms with van der Waals surface area (Å²) in [5.74, 6) is -1.78. The minimum atomic E-state index is -2.20. The lowest BCUT2D eigenvalue weighted by Gasteiger charge is -2.41. The third-order valence-corrected chi connectivity index (χ3v) is 1.61. The van der Waals surface area contributed by atoms with Crippen LogP contribution in [-0.2, 0) is 4.79 Å². The molecule has 0 radical (unpaired) electrons. The molecule has 1 aliphatic heterocycles. The molecule has 0 unspecified atom stereocenters. The molecule has 5 nitrogen and oxygen atoms in total. The Morgan fingerprint density at radius 2 is 2.18 bits per heavy atom. The first-order valence-corrected chi connectivity index (χ1v) is 2.97. The number of carbonyl (C=O) groups is 1. The van der Waals surface area contributed by atoms with E-state index in [1.807, 2.05) is 0 Å².